The zero-order valence-electron chi connectivity index (χ0n) is 9.73. The van der Waals surface area contributed by atoms with E-state index in [2.05, 4.69) is 37.1 Å². The highest BCUT2D eigenvalue weighted by Gasteiger charge is 2.22. The predicted octanol–water partition coefficient (Wildman–Crippen LogP) is 4.35. The van der Waals surface area contributed by atoms with E-state index in [-0.39, 0.29) is 0 Å². The van der Waals surface area contributed by atoms with Crippen molar-refractivity contribution in [1.29, 1.82) is 0 Å². The molecule has 2 radical (unpaired) electrons. The minimum Gasteiger partial charge on any atom is -0.118 e. The van der Waals surface area contributed by atoms with Gasteiger partial charge < -0.3 is 0 Å². The van der Waals surface area contributed by atoms with Crippen LogP contribution in [0.3, 0.4) is 0 Å². The van der Waals surface area contributed by atoms with Crippen LogP contribution in [-0.2, 0) is 0 Å². The van der Waals surface area contributed by atoms with Gasteiger partial charge in [0, 0.05) is 0 Å². The molecule has 76 valence electrons. The molecule has 13 heavy (non-hydrogen) atoms. The van der Waals surface area contributed by atoms with Gasteiger partial charge in [0.15, 0.2) is 0 Å². The number of hydrogen-bond acceptors (Lipinski definition) is 0. The van der Waals surface area contributed by atoms with Crippen molar-refractivity contribution in [2.24, 2.45) is 5.41 Å². The van der Waals surface area contributed by atoms with Crippen LogP contribution < -0.4 is 0 Å². The molecule has 0 unspecified atom stereocenters. The van der Waals surface area contributed by atoms with E-state index in [9.17, 15) is 0 Å². The van der Waals surface area contributed by atoms with Crippen LogP contribution in [0, 0.1) is 5.41 Å². The van der Waals surface area contributed by atoms with Crippen LogP contribution >= 0.6 is 0 Å². The Balaban J connectivity index is 3.68. The van der Waals surface area contributed by atoms with Crippen LogP contribution in [0.15, 0.2) is 0 Å². The third-order valence-electron chi connectivity index (χ3n) is 3.66. The molecule has 0 aromatic carbocycles. The van der Waals surface area contributed by atoms with E-state index in [1.54, 1.807) is 0 Å². The second kappa shape index (κ2) is 7.89. The average molecular weight is 196 g/mol. The van der Waals surface area contributed by atoms with Gasteiger partial charge in [0.25, 0.3) is 0 Å². The number of hydrogen-bond donors (Lipinski definition) is 0. The molecular weight excluding hydrogens is 171 g/mol. The molecule has 0 aliphatic carbocycles. The van der Waals surface area contributed by atoms with E-state index in [0.29, 0.717) is 5.41 Å². The first kappa shape index (κ1) is 13.5. The van der Waals surface area contributed by atoms with Crippen molar-refractivity contribution in [2.75, 3.05) is 0 Å². The Morgan fingerprint density at radius 3 is 1.77 bits per heavy atom. The summed E-state index contributed by atoms with van der Waals surface area (Å²) < 4.78 is 0. The molecule has 0 fully saturated rings. The highest BCUT2D eigenvalue weighted by Crippen LogP contribution is 2.35. The second-order valence-corrected chi connectivity index (χ2v) is 4.74. The molecule has 0 aliphatic rings. The highest BCUT2D eigenvalue weighted by atomic mass is 27.0. The van der Waals surface area contributed by atoms with Gasteiger partial charge in [-0.15, -0.1) is 5.28 Å². The summed E-state index contributed by atoms with van der Waals surface area (Å²) in [6.07, 6.45) is 9.77. The van der Waals surface area contributed by atoms with Gasteiger partial charge in [-0.1, -0.05) is 59.3 Å². The topological polar surface area (TPSA) is 0 Å². The van der Waals surface area contributed by atoms with E-state index >= 15 is 0 Å². The third-order valence-corrected chi connectivity index (χ3v) is 4.07. The van der Waals surface area contributed by atoms with Gasteiger partial charge in [-0.2, -0.15) is 0 Å². The lowest BCUT2D eigenvalue weighted by atomic mass is 9.76. The summed E-state index contributed by atoms with van der Waals surface area (Å²) in [6, 6.07) is 0. The molecule has 1 heteroatoms. The molecule has 0 N–H and O–H groups in total. The Morgan fingerprint density at radius 2 is 1.38 bits per heavy atom. The van der Waals surface area contributed by atoms with Gasteiger partial charge in [-0.3, -0.25) is 0 Å². The number of unbranched alkanes of at least 4 members (excludes halogenated alkanes) is 2. The minimum absolute atomic E-state index is 0.668. The van der Waals surface area contributed by atoms with Crippen LogP contribution in [0.2, 0.25) is 5.28 Å². The van der Waals surface area contributed by atoms with Gasteiger partial charge >= 0.3 is 0 Å². The van der Waals surface area contributed by atoms with Crippen LogP contribution in [0.25, 0.3) is 0 Å². The maximum atomic E-state index is 2.82. The second-order valence-electron chi connectivity index (χ2n) is 4.16. The van der Waals surface area contributed by atoms with E-state index < -0.39 is 0 Å². The Bertz CT molecular complexity index is 97.4. The fraction of sp³-hybridized carbons (Fsp3) is 1.00. The lowest BCUT2D eigenvalue weighted by Crippen LogP contribution is -2.17. The van der Waals surface area contributed by atoms with Gasteiger partial charge in [0.2, 0.25) is 0 Å². The Morgan fingerprint density at radius 1 is 0.846 bits per heavy atom. The maximum absolute atomic E-state index is 2.82. The van der Waals surface area contributed by atoms with Crippen LogP contribution in [-0.4, -0.2) is 16.3 Å². The minimum atomic E-state index is 0.668. The summed E-state index contributed by atoms with van der Waals surface area (Å²) in [4.78, 5) is 0. The summed E-state index contributed by atoms with van der Waals surface area (Å²) in [5.41, 5.74) is 0.668. The van der Waals surface area contributed by atoms with Crippen molar-refractivity contribution < 1.29 is 0 Å². The standard InChI is InChI=1S/C12H25.Al/c1-5-9-10-11-12(6-2,7-3)8-4;/h1,5-11H2,2-4H3;. The summed E-state index contributed by atoms with van der Waals surface area (Å²) in [7, 11) is 0. The summed E-state index contributed by atoms with van der Waals surface area (Å²) in [5.74, 6) is 0. The molecule has 0 aromatic heterocycles. The third kappa shape index (κ3) is 5.09. The van der Waals surface area contributed by atoms with Crippen LogP contribution in [0.1, 0.15) is 65.7 Å². The fourth-order valence-corrected chi connectivity index (χ4v) is 2.39. The van der Waals surface area contributed by atoms with Gasteiger partial charge in [-0.25, -0.2) is 0 Å². The van der Waals surface area contributed by atoms with E-state index in [1.807, 2.05) is 0 Å². The van der Waals surface area contributed by atoms with Crippen molar-refractivity contribution in [1.82, 2.24) is 0 Å². The largest absolute Gasteiger partial charge is 0.118 e. The average Bonchev–Trinajstić information content (AvgIpc) is 2.20. The maximum Gasteiger partial charge on any atom is 0.118 e. The molecule has 0 amide bonds. The molecule has 0 saturated heterocycles. The quantitative estimate of drug-likeness (QED) is 0.400. The predicted molar refractivity (Wildman–Crippen MR) is 62.3 cm³/mol. The van der Waals surface area contributed by atoms with Gasteiger partial charge in [-0.05, 0) is 11.8 Å². The van der Waals surface area contributed by atoms with Crippen molar-refractivity contribution in [3.8, 4) is 0 Å². The van der Waals surface area contributed by atoms with E-state index in [4.69, 9.17) is 0 Å². The monoisotopic (exact) mass is 196 g/mol. The molecule has 0 aromatic rings. The van der Waals surface area contributed by atoms with Gasteiger partial charge in [0.05, 0.1) is 0 Å². The zero-order valence-corrected chi connectivity index (χ0v) is 10.9. The van der Waals surface area contributed by atoms with Gasteiger partial charge in [0.1, 0.15) is 16.3 Å². The molecule has 0 aliphatic heterocycles. The molecule has 0 atom stereocenters. The first-order valence-corrected chi connectivity index (χ1v) is 6.76. The van der Waals surface area contributed by atoms with Crippen LogP contribution in [0.4, 0.5) is 0 Å². The fourth-order valence-electron chi connectivity index (χ4n) is 2.10. The van der Waals surface area contributed by atoms with Crippen molar-refractivity contribution in [3.05, 3.63) is 0 Å². The highest BCUT2D eigenvalue weighted by molar-refractivity contribution is 6.08. The Labute approximate surface area is 92.9 Å². The molecule has 0 bridgehead atoms. The molecular formula is C12H25Al. The summed E-state index contributed by atoms with van der Waals surface area (Å²) in [6.45, 7) is 7.05. The molecule has 0 nitrogen and oxygen atoms in total. The first-order chi connectivity index (χ1) is 6.24. The Kier molecular flexibility index (Phi) is 8.22. The normalized spacial score (nSPS) is 11.9. The van der Waals surface area contributed by atoms with Crippen molar-refractivity contribution in [3.63, 3.8) is 0 Å². The van der Waals surface area contributed by atoms with E-state index in [1.165, 1.54) is 50.2 Å². The SMILES string of the molecule is CCC(CC)(CC)CCCC[CH2][Al]. The zero-order chi connectivity index (χ0) is 10.2. The molecule has 0 spiro atoms. The Hall–Kier alpha value is 0.532. The first-order valence-electron chi connectivity index (χ1n) is 5.94. The van der Waals surface area contributed by atoms with Crippen LogP contribution in [0.5, 0.6) is 0 Å². The van der Waals surface area contributed by atoms with E-state index in [0.717, 1.165) is 0 Å². The summed E-state index contributed by atoms with van der Waals surface area (Å²) in [5, 5.41) is 1.28. The van der Waals surface area contributed by atoms with Crippen molar-refractivity contribution >= 4 is 16.3 Å². The lowest BCUT2D eigenvalue weighted by Gasteiger charge is -2.30. The molecule has 0 saturated carbocycles. The molecule has 0 rings (SSSR count). The summed E-state index contributed by atoms with van der Waals surface area (Å²) >= 11 is 2.82. The number of rotatable bonds is 8. The smallest absolute Gasteiger partial charge is 0.118 e. The molecule has 0 heterocycles. The van der Waals surface area contributed by atoms with Crippen molar-refractivity contribution in [2.45, 2.75) is 71.0 Å². The lowest BCUT2D eigenvalue weighted by molar-refractivity contribution is 0.220.